The zero-order valence-corrected chi connectivity index (χ0v) is 10.2. The van der Waals surface area contributed by atoms with Gasteiger partial charge in [0.1, 0.15) is 0 Å². The fourth-order valence-electron chi connectivity index (χ4n) is 1.38. The Kier molecular flexibility index (Phi) is 5.41. The topological polar surface area (TPSA) is 17.8 Å². The molecule has 0 spiro atoms. The highest BCUT2D eigenvalue weighted by Gasteiger charge is 2.02. The Morgan fingerprint density at radius 3 is 2.64 bits per heavy atom. The van der Waals surface area contributed by atoms with E-state index >= 15 is 0 Å². The number of hydrogen-bond acceptors (Lipinski definition) is 2. The van der Waals surface area contributed by atoms with Gasteiger partial charge in [-0.3, -0.25) is 4.68 Å². The Labute approximate surface area is 96.1 Å². The molecule has 0 radical (unpaired) electrons. The number of hydrogen-bond donors (Lipinski definition) is 1. The van der Waals surface area contributed by atoms with Crippen LogP contribution in [-0.4, -0.2) is 15.5 Å². The Morgan fingerprint density at radius 2 is 2.07 bits per heavy atom. The van der Waals surface area contributed by atoms with Crippen LogP contribution in [-0.2, 0) is 6.54 Å². The molecule has 14 heavy (non-hydrogen) atoms. The van der Waals surface area contributed by atoms with Crippen LogP contribution in [0.1, 0.15) is 31.4 Å². The number of thiol groups is 1. The molecular formula is C10H17ClN2S. The molecule has 0 aliphatic rings. The molecule has 0 saturated heterocycles. The molecule has 80 valence electrons. The molecule has 0 aromatic carbocycles. The van der Waals surface area contributed by atoms with Gasteiger partial charge < -0.3 is 0 Å². The lowest BCUT2D eigenvalue weighted by Crippen LogP contribution is -2.02. The number of aryl methyl sites for hydroxylation is 1. The van der Waals surface area contributed by atoms with Gasteiger partial charge in [-0.05, 0) is 25.5 Å². The number of rotatable bonds is 6. The van der Waals surface area contributed by atoms with Crippen LogP contribution in [0.25, 0.3) is 0 Å². The zero-order chi connectivity index (χ0) is 10.4. The summed E-state index contributed by atoms with van der Waals surface area (Å²) >= 11 is 10.1. The third kappa shape index (κ3) is 3.54. The van der Waals surface area contributed by atoms with Crippen LogP contribution in [0.4, 0.5) is 0 Å². The Morgan fingerprint density at radius 1 is 1.36 bits per heavy atom. The summed E-state index contributed by atoms with van der Waals surface area (Å²) < 4.78 is 1.98. The summed E-state index contributed by atoms with van der Waals surface area (Å²) in [7, 11) is 0. The first-order chi connectivity index (χ1) is 6.75. The van der Waals surface area contributed by atoms with Crippen LogP contribution in [0.5, 0.6) is 0 Å². The standard InChI is InChI=1S/C10H17ClN2S/c1-9-10(11)8-12-13(9)6-4-2-3-5-7-14/h8,14H,2-7H2,1H3. The first-order valence-electron chi connectivity index (χ1n) is 5.04. The minimum absolute atomic E-state index is 0.764. The summed E-state index contributed by atoms with van der Waals surface area (Å²) in [4.78, 5) is 0. The molecule has 0 bridgehead atoms. The summed E-state index contributed by atoms with van der Waals surface area (Å²) in [5.74, 6) is 0.993. The second-order valence-electron chi connectivity index (χ2n) is 3.44. The second kappa shape index (κ2) is 6.36. The minimum Gasteiger partial charge on any atom is -0.268 e. The van der Waals surface area contributed by atoms with E-state index in [0.29, 0.717) is 0 Å². The zero-order valence-electron chi connectivity index (χ0n) is 8.54. The molecule has 0 fully saturated rings. The van der Waals surface area contributed by atoms with Crippen LogP contribution in [0.2, 0.25) is 5.02 Å². The lowest BCUT2D eigenvalue weighted by atomic mass is 10.2. The SMILES string of the molecule is Cc1c(Cl)cnn1CCCCCCS. The average molecular weight is 233 g/mol. The Balaban J connectivity index is 2.21. The fraction of sp³-hybridized carbons (Fsp3) is 0.700. The van der Waals surface area contributed by atoms with Crippen molar-refractivity contribution in [2.45, 2.75) is 39.2 Å². The van der Waals surface area contributed by atoms with Gasteiger partial charge in [-0.15, -0.1) is 0 Å². The van der Waals surface area contributed by atoms with E-state index in [9.17, 15) is 0 Å². The third-order valence-corrected chi connectivity index (χ3v) is 3.01. The minimum atomic E-state index is 0.764. The van der Waals surface area contributed by atoms with Crippen LogP contribution >= 0.6 is 24.2 Å². The van der Waals surface area contributed by atoms with Crippen molar-refractivity contribution in [2.24, 2.45) is 0 Å². The maximum absolute atomic E-state index is 5.90. The van der Waals surface area contributed by atoms with E-state index in [2.05, 4.69) is 17.7 Å². The van der Waals surface area contributed by atoms with Crippen molar-refractivity contribution >= 4 is 24.2 Å². The maximum atomic E-state index is 5.90. The predicted molar refractivity (Wildman–Crippen MR) is 64.3 cm³/mol. The van der Waals surface area contributed by atoms with E-state index in [1.165, 1.54) is 25.7 Å². The molecule has 2 nitrogen and oxygen atoms in total. The normalized spacial score (nSPS) is 10.8. The predicted octanol–water partition coefficient (Wildman–Crippen LogP) is 3.34. The van der Waals surface area contributed by atoms with Crippen molar-refractivity contribution in [3.8, 4) is 0 Å². The molecule has 1 rings (SSSR count). The molecule has 0 atom stereocenters. The molecule has 1 heterocycles. The largest absolute Gasteiger partial charge is 0.268 e. The van der Waals surface area contributed by atoms with Crippen molar-refractivity contribution < 1.29 is 0 Å². The highest BCUT2D eigenvalue weighted by molar-refractivity contribution is 7.80. The van der Waals surface area contributed by atoms with Crippen LogP contribution in [0.3, 0.4) is 0 Å². The molecule has 4 heteroatoms. The molecule has 1 aromatic rings. The summed E-state index contributed by atoms with van der Waals surface area (Å²) in [5.41, 5.74) is 1.07. The number of nitrogens with zero attached hydrogens (tertiary/aromatic N) is 2. The summed E-state index contributed by atoms with van der Waals surface area (Å²) in [6.07, 6.45) is 6.61. The van der Waals surface area contributed by atoms with Crippen molar-refractivity contribution in [1.82, 2.24) is 9.78 Å². The monoisotopic (exact) mass is 232 g/mol. The molecule has 0 N–H and O–H groups in total. The lowest BCUT2D eigenvalue weighted by Gasteiger charge is -2.03. The number of aromatic nitrogens is 2. The molecule has 0 amide bonds. The van der Waals surface area contributed by atoms with E-state index < -0.39 is 0 Å². The van der Waals surface area contributed by atoms with Gasteiger partial charge in [0.2, 0.25) is 0 Å². The van der Waals surface area contributed by atoms with Crippen LogP contribution in [0.15, 0.2) is 6.20 Å². The van der Waals surface area contributed by atoms with Gasteiger partial charge in [-0.1, -0.05) is 24.4 Å². The molecule has 0 aliphatic heterocycles. The van der Waals surface area contributed by atoms with Gasteiger partial charge >= 0.3 is 0 Å². The van der Waals surface area contributed by atoms with Crippen molar-refractivity contribution in [3.05, 3.63) is 16.9 Å². The summed E-state index contributed by atoms with van der Waals surface area (Å²) in [6.45, 7) is 2.98. The van der Waals surface area contributed by atoms with E-state index in [1.807, 2.05) is 11.6 Å². The molecule has 0 saturated carbocycles. The molecule has 1 aromatic heterocycles. The van der Waals surface area contributed by atoms with Crippen LogP contribution < -0.4 is 0 Å². The first-order valence-corrected chi connectivity index (χ1v) is 6.05. The van der Waals surface area contributed by atoms with Crippen LogP contribution in [0, 0.1) is 6.92 Å². The highest BCUT2D eigenvalue weighted by atomic mass is 35.5. The van der Waals surface area contributed by atoms with E-state index in [-0.39, 0.29) is 0 Å². The third-order valence-electron chi connectivity index (χ3n) is 2.32. The second-order valence-corrected chi connectivity index (χ2v) is 4.29. The van der Waals surface area contributed by atoms with Crippen molar-refractivity contribution in [1.29, 1.82) is 0 Å². The van der Waals surface area contributed by atoms with E-state index in [4.69, 9.17) is 11.6 Å². The van der Waals surface area contributed by atoms with Gasteiger partial charge in [0, 0.05) is 6.54 Å². The average Bonchev–Trinajstić information content (AvgIpc) is 2.49. The summed E-state index contributed by atoms with van der Waals surface area (Å²) in [5, 5.41) is 4.97. The Hall–Kier alpha value is -0.150. The van der Waals surface area contributed by atoms with Gasteiger partial charge in [0.15, 0.2) is 0 Å². The number of halogens is 1. The van der Waals surface area contributed by atoms with Crippen molar-refractivity contribution in [2.75, 3.05) is 5.75 Å². The summed E-state index contributed by atoms with van der Waals surface area (Å²) in [6, 6.07) is 0. The maximum Gasteiger partial charge on any atom is 0.0814 e. The molecular weight excluding hydrogens is 216 g/mol. The fourth-order valence-corrected chi connectivity index (χ4v) is 1.74. The van der Waals surface area contributed by atoms with Gasteiger partial charge in [0.05, 0.1) is 16.9 Å². The van der Waals surface area contributed by atoms with E-state index in [1.54, 1.807) is 6.20 Å². The first kappa shape index (κ1) is 11.9. The highest BCUT2D eigenvalue weighted by Crippen LogP contribution is 2.14. The number of unbranched alkanes of at least 4 members (excludes halogenated alkanes) is 3. The molecule has 0 unspecified atom stereocenters. The molecule has 0 aliphatic carbocycles. The van der Waals surface area contributed by atoms with E-state index in [0.717, 1.165) is 23.0 Å². The Bertz CT molecular complexity index is 273. The quantitative estimate of drug-likeness (QED) is 0.589. The van der Waals surface area contributed by atoms with Gasteiger partial charge in [-0.2, -0.15) is 17.7 Å². The van der Waals surface area contributed by atoms with Crippen molar-refractivity contribution in [3.63, 3.8) is 0 Å². The van der Waals surface area contributed by atoms with Gasteiger partial charge in [-0.25, -0.2) is 0 Å². The van der Waals surface area contributed by atoms with Gasteiger partial charge in [0.25, 0.3) is 0 Å². The lowest BCUT2D eigenvalue weighted by molar-refractivity contribution is 0.532. The smallest absolute Gasteiger partial charge is 0.0814 e.